The first-order valence-corrected chi connectivity index (χ1v) is 4.64. The van der Waals surface area contributed by atoms with Gasteiger partial charge in [-0.05, 0) is 18.2 Å². The van der Waals surface area contributed by atoms with E-state index in [0.29, 0.717) is 10.6 Å². The molecule has 82 valence electrons. The topological polar surface area (TPSA) is 83.6 Å². The minimum absolute atomic E-state index is 0.0854. The SMILES string of the molecule is O=C(O)c1cc(-c2ccc(Cl)cc2O)no1. The third kappa shape index (κ3) is 1.85. The zero-order valence-electron chi connectivity index (χ0n) is 7.85. The van der Waals surface area contributed by atoms with Crippen molar-refractivity contribution in [1.29, 1.82) is 0 Å². The molecule has 0 fully saturated rings. The summed E-state index contributed by atoms with van der Waals surface area (Å²) in [5.74, 6) is -1.59. The van der Waals surface area contributed by atoms with Gasteiger partial charge in [-0.1, -0.05) is 16.8 Å². The smallest absolute Gasteiger partial charge is 0.374 e. The van der Waals surface area contributed by atoms with Crippen LogP contribution in [0.25, 0.3) is 11.3 Å². The average Bonchev–Trinajstić information content (AvgIpc) is 2.66. The second-order valence-corrected chi connectivity index (χ2v) is 3.48. The summed E-state index contributed by atoms with van der Waals surface area (Å²) in [6.45, 7) is 0. The lowest BCUT2D eigenvalue weighted by molar-refractivity contribution is 0.0652. The molecule has 0 amide bonds. The van der Waals surface area contributed by atoms with Crippen molar-refractivity contribution in [3.8, 4) is 17.0 Å². The molecule has 1 aromatic carbocycles. The number of carboxylic acid groups (broad SMARTS) is 1. The number of phenols is 1. The molecule has 0 spiro atoms. The Bertz CT molecular complexity index is 550. The number of phenolic OH excluding ortho intramolecular Hbond substituents is 1. The second-order valence-electron chi connectivity index (χ2n) is 3.04. The van der Waals surface area contributed by atoms with Gasteiger partial charge in [0.05, 0.1) is 0 Å². The first-order chi connectivity index (χ1) is 7.58. The maximum atomic E-state index is 10.6. The molecule has 1 heterocycles. The van der Waals surface area contributed by atoms with Gasteiger partial charge in [0.2, 0.25) is 5.76 Å². The van der Waals surface area contributed by atoms with Crippen LogP contribution in [-0.4, -0.2) is 21.3 Å². The van der Waals surface area contributed by atoms with Crippen molar-refractivity contribution in [3.05, 3.63) is 35.0 Å². The summed E-state index contributed by atoms with van der Waals surface area (Å²) in [6, 6.07) is 5.66. The van der Waals surface area contributed by atoms with Gasteiger partial charge in [-0.3, -0.25) is 0 Å². The third-order valence-electron chi connectivity index (χ3n) is 1.96. The molecule has 1 aromatic heterocycles. The molecular formula is C10H6ClNO4. The van der Waals surface area contributed by atoms with Crippen LogP contribution < -0.4 is 0 Å². The maximum absolute atomic E-state index is 10.6. The van der Waals surface area contributed by atoms with E-state index in [9.17, 15) is 9.90 Å². The highest BCUT2D eigenvalue weighted by atomic mass is 35.5. The molecule has 2 aromatic rings. The zero-order valence-corrected chi connectivity index (χ0v) is 8.60. The van der Waals surface area contributed by atoms with Crippen molar-refractivity contribution < 1.29 is 19.5 Å². The van der Waals surface area contributed by atoms with Gasteiger partial charge < -0.3 is 14.7 Å². The number of benzene rings is 1. The standard InChI is InChI=1S/C10H6ClNO4/c11-5-1-2-6(8(13)3-5)7-4-9(10(14)15)16-12-7/h1-4,13H,(H,14,15). The molecule has 2 rings (SSSR count). The van der Waals surface area contributed by atoms with Crippen molar-refractivity contribution in [3.63, 3.8) is 0 Å². The van der Waals surface area contributed by atoms with Crippen LogP contribution in [-0.2, 0) is 0 Å². The van der Waals surface area contributed by atoms with E-state index < -0.39 is 5.97 Å². The van der Waals surface area contributed by atoms with E-state index in [4.69, 9.17) is 16.7 Å². The number of hydrogen-bond acceptors (Lipinski definition) is 4. The monoisotopic (exact) mass is 239 g/mol. The molecule has 5 nitrogen and oxygen atoms in total. The van der Waals surface area contributed by atoms with Gasteiger partial charge in [-0.2, -0.15) is 0 Å². The quantitative estimate of drug-likeness (QED) is 0.841. The number of halogens is 1. The lowest BCUT2D eigenvalue weighted by Crippen LogP contribution is -1.91. The highest BCUT2D eigenvalue weighted by Gasteiger charge is 2.14. The van der Waals surface area contributed by atoms with Crippen molar-refractivity contribution in [2.45, 2.75) is 0 Å². The van der Waals surface area contributed by atoms with Crippen LogP contribution >= 0.6 is 11.6 Å². The van der Waals surface area contributed by atoms with Gasteiger partial charge in [0.15, 0.2) is 0 Å². The van der Waals surface area contributed by atoms with Crippen LogP contribution in [0.1, 0.15) is 10.6 Å². The first kappa shape index (κ1) is 10.5. The molecule has 0 aliphatic carbocycles. The molecule has 6 heteroatoms. The largest absolute Gasteiger partial charge is 0.507 e. The van der Waals surface area contributed by atoms with Crippen LogP contribution in [0.4, 0.5) is 0 Å². The van der Waals surface area contributed by atoms with E-state index in [1.165, 1.54) is 18.2 Å². The summed E-state index contributed by atoms with van der Waals surface area (Å²) in [6.07, 6.45) is 0. The number of aromatic carboxylic acids is 1. The Morgan fingerprint density at radius 1 is 1.38 bits per heavy atom. The Morgan fingerprint density at radius 3 is 2.69 bits per heavy atom. The number of rotatable bonds is 2. The Morgan fingerprint density at radius 2 is 2.12 bits per heavy atom. The Hall–Kier alpha value is -2.01. The fourth-order valence-electron chi connectivity index (χ4n) is 1.22. The van der Waals surface area contributed by atoms with E-state index in [1.807, 2.05) is 0 Å². The molecule has 0 saturated heterocycles. The first-order valence-electron chi connectivity index (χ1n) is 4.27. The summed E-state index contributed by atoms with van der Waals surface area (Å²) in [5.41, 5.74) is 0.604. The number of nitrogens with zero attached hydrogens (tertiary/aromatic N) is 1. The number of carbonyl (C=O) groups is 1. The lowest BCUT2D eigenvalue weighted by Gasteiger charge is -1.99. The summed E-state index contributed by atoms with van der Waals surface area (Å²) < 4.78 is 4.57. The summed E-state index contributed by atoms with van der Waals surface area (Å²) in [4.78, 5) is 10.6. The van der Waals surface area contributed by atoms with Crippen LogP contribution in [0.15, 0.2) is 28.8 Å². The predicted octanol–water partition coefficient (Wildman–Crippen LogP) is 2.40. The molecule has 0 aliphatic rings. The van der Waals surface area contributed by atoms with Gasteiger partial charge in [0, 0.05) is 16.7 Å². The third-order valence-corrected chi connectivity index (χ3v) is 2.19. The summed E-state index contributed by atoms with van der Waals surface area (Å²) in [7, 11) is 0. The summed E-state index contributed by atoms with van der Waals surface area (Å²) >= 11 is 5.66. The molecule has 0 bridgehead atoms. The zero-order chi connectivity index (χ0) is 11.7. The van der Waals surface area contributed by atoms with E-state index in [2.05, 4.69) is 9.68 Å². The van der Waals surface area contributed by atoms with Crippen LogP contribution in [0.3, 0.4) is 0 Å². The fourth-order valence-corrected chi connectivity index (χ4v) is 1.39. The summed E-state index contributed by atoms with van der Waals surface area (Å²) in [5, 5.41) is 22.1. The Labute approximate surface area is 94.9 Å². The van der Waals surface area contributed by atoms with Crippen molar-refractivity contribution in [1.82, 2.24) is 5.16 Å². The van der Waals surface area contributed by atoms with Crippen molar-refractivity contribution in [2.24, 2.45) is 0 Å². The number of aromatic nitrogens is 1. The highest BCUT2D eigenvalue weighted by Crippen LogP contribution is 2.30. The van der Waals surface area contributed by atoms with Crippen LogP contribution in [0.2, 0.25) is 5.02 Å². The number of carboxylic acids is 1. The fraction of sp³-hybridized carbons (Fsp3) is 0. The molecule has 0 unspecified atom stereocenters. The van der Waals surface area contributed by atoms with Crippen molar-refractivity contribution >= 4 is 17.6 Å². The molecule has 0 saturated carbocycles. The predicted molar refractivity (Wildman–Crippen MR) is 55.6 cm³/mol. The Balaban J connectivity index is 2.46. The molecular weight excluding hydrogens is 234 g/mol. The molecule has 0 atom stereocenters. The molecule has 16 heavy (non-hydrogen) atoms. The second kappa shape index (κ2) is 3.86. The number of hydrogen-bond donors (Lipinski definition) is 2. The van der Waals surface area contributed by atoms with Crippen LogP contribution in [0.5, 0.6) is 5.75 Å². The van der Waals surface area contributed by atoms with E-state index in [1.54, 1.807) is 6.07 Å². The lowest BCUT2D eigenvalue weighted by atomic mass is 10.1. The van der Waals surface area contributed by atoms with Crippen LogP contribution in [0, 0.1) is 0 Å². The maximum Gasteiger partial charge on any atom is 0.374 e. The van der Waals surface area contributed by atoms with Gasteiger partial charge in [0.25, 0.3) is 0 Å². The molecule has 0 radical (unpaired) electrons. The van der Waals surface area contributed by atoms with E-state index >= 15 is 0 Å². The minimum Gasteiger partial charge on any atom is -0.507 e. The van der Waals surface area contributed by atoms with Gasteiger partial charge >= 0.3 is 5.97 Å². The van der Waals surface area contributed by atoms with Gasteiger partial charge in [-0.15, -0.1) is 0 Å². The normalized spacial score (nSPS) is 10.3. The Kier molecular flexibility index (Phi) is 2.54. The van der Waals surface area contributed by atoms with Gasteiger partial charge in [0.1, 0.15) is 11.4 Å². The van der Waals surface area contributed by atoms with Crippen molar-refractivity contribution in [2.75, 3.05) is 0 Å². The van der Waals surface area contributed by atoms with E-state index in [-0.39, 0.29) is 17.2 Å². The highest BCUT2D eigenvalue weighted by molar-refractivity contribution is 6.30. The minimum atomic E-state index is -1.22. The average molecular weight is 240 g/mol. The van der Waals surface area contributed by atoms with Gasteiger partial charge in [-0.25, -0.2) is 4.79 Å². The van der Waals surface area contributed by atoms with E-state index in [0.717, 1.165) is 0 Å². The number of aromatic hydroxyl groups is 1. The molecule has 0 aliphatic heterocycles. The molecule has 2 N–H and O–H groups in total.